The van der Waals surface area contributed by atoms with Gasteiger partial charge in [0.1, 0.15) is 6.61 Å². The lowest BCUT2D eigenvalue weighted by atomic mass is 10.3. The molecule has 28 heavy (non-hydrogen) atoms. The fraction of sp³-hybridized carbons (Fsp3) is 0.250. The molecule has 0 saturated carbocycles. The molecule has 0 aliphatic heterocycles. The third-order valence-electron chi connectivity index (χ3n) is 3.06. The molecule has 0 bridgehead atoms. The molecule has 3 N–H and O–H groups in total. The lowest BCUT2D eigenvalue weighted by Crippen LogP contribution is -2.25. The predicted octanol–water partition coefficient (Wildman–Crippen LogP) is 3.80. The van der Waals surface area contributed by atoms with E-state index in [0.29, 0.717) is 6.20 Å². The summed E-state index contributed by atoms with van der Waals surface area (Å²) < 4.78 is 83.3. The number of halogens is 6. The van der Waals surface area contributed by atoms with E-state index in [9.17, 15) is 26.3 Å². The molecule has 1 aromatic carbocycles. The third-order valence-corrected chi connectivity index (χ3v) is 3.06. The van der Waals surface area contributed by atoms with Crippen LogP contribution in [0.25, 0.3) is 0 Å². The number of anilines is 1. The van der Waals surface area contributed by atoms with Crippen molar-refractivity contribution in [1.29, 1.82) is 0 Å². The molecule has 0 spiro atoms. The molecule has 152 valence electrons. The van der Waals surface area contributed by atoms with Crippen molar-refractivity contribution in [2.75, 3.05) is 18.5 Å². The molecule has 1 heterocycles. The predicted molar refractivity (Wildman–Crippen MR) is 88.0 cm³/mol. The molecule has 6 nitrogen and oxygen atoms in total. The number of aromatic nitrogens is 1. The zero-order valence-electron chi connectivity index (χ0n) is 14.0. The summed E-state index contributed by atoms with van der Waals surface area (Å²) in [5.41, 5.74) is 4.63. The summed E-state index contributed by atoms with van der Waals surface area (Å²) >= 11 is 0. The van der Waals surface area contributed by atoms with Crippen LogP contribution in [-0.4, -0.2) is 30.5 Å². The van der Waals surface area contributed by atoms with Crippen molar-refractivity contribution >= 4 is 11.6 Å². The zero-order chi connectivity index (χ0) is 20.8. The quantitative estimate of drug-likeness (QED) is 0.329. The zero-order valence-corrected chi connectivity index (χ0v) is 14.0. The van der Waals surface area contributed by atoms with Crippen molar-refractivity contribution < 1.29 is 35.8 Å². The minimum atomic E-state index is -4.87. The summed E-state index contributed by atoms with van der Waals surface area (Å²) in [6, 6.07) is 7.11. The summed E-state index contributed by atoms with van der Waals surface area (Å²) in [6.45, 7) is -0.0920. The Balaban J connectivity index is 1.87. The molecule has 2 aromatic rings. The van der Waals surface area contributed by atoms with Gasteiger partial charge in [-0.1, -0.05) is 12.1 Å². The first kappa shape index (κ1) is 21.1. The first-order valence-corrected chi connectivity index (χ1v) is 7.62. The van der Waals surface area contributed by atoms with Crippen molar-refractivity contribution in [1.82, 2.24) is 4.98 Å². The van der Waals surface area contributed by atoms with Gasteiger partial charge in [-0.3, -0.25) is 0 Å². The summed E-state index contributed by atoms with van der Waals surface area (Å²) in [5, 5.41) is 2.46. The Hall–Kier alpha value is -3.18. The molecule has 2 rings (SSSR count). The Morgan fingerprint density at radius 3 is 2.39 bits per heavy atom. The number of guanidine groups is 1. The molecule has 0 amide bonds. The van der Waals surface area contributed by atoms with Gasteiger partial charge in [0.15, 0.2) is 11.7 Å². The lowest BCUT2D eigenvalue weighted by Gasteiger charge is -2.14. The molecule has 0 saturated heterocycles. The highest BCUT2D eigenvalue weighted by Gasteiger charge is 2.32. The Morgan fingerprint density at radius 2 is 1.79 bits per heavy atom. The standard InChI is InChI=1S/C16H14F6N4O2/c17-15(18,19)10-5-6-13(25-9-10)27-8-7-24-14(23)26-11-3-1-2-4-12(11)28-16(20,21)22/h1-6,9H,7-8H2,(H3,23,24,26). The van der Waals surface area contributed by atoms with Gasteiger partial charge >= 0.3 is 12.5 Å². The molecule has 0 aliphatic rings. The van der Waals surface area contributed by atoms with Crippen LogP contribution in [0.15, 0.2) is 47.6 Å². The molecule has 1 aromatic heterocycles. The highest BCUT2D eigenvalue weighted by Crippen LogP contribution is 2.30. The maximum Gasteiger partial charge on any atom is 0.573 e. The molecular formula is C16H14F6N4O2. The van der Waals surface area contributed by atoms with E-state index >= 15 is 0 Å². The lowest BCUT2D eigenvalue weighted by molar-refractivity contribution is -0.274. The summed E-state index contributed by atoms with van der Waals surface area (Å²) in [6.07, 6.45) is -8.74. The first-order chi connectivity index (χ1) is 13.0. The van der Waals surface area contributed by atoms with Crippen LogP contribution in [0.3, 0.4) is 0 Å². The minimum Gasteiger partial charge on any atom is -0.476 e. The topological polar surface area (TPSA) is 81.8 Å². The number of aliphatic imine (C=N–C) groups is 1. The van der Waals surface area contributed by atoms with E-state index in [2.05, 4.69) is 20.0 Å². The van der Waals surface area contributed by atoms with Crippen molar-refractivity contribution in [2.45, 2.75) is 12.5 Å². The number of nitrogens with two attached hydrogens (primary N) is 1. The highest BCUT2D eigenvalue weighted by molar-refractivity contribution is 5.93. The van der Waals surface area contributed by atoms with Gasteiger partial charge in [-0.25, -0.2) is 9.98 Å². The molecule has 0 fully saturated rings. The van der Waals surface area contributed by atoms with Gasteiger partial charge in [0.2, 0.25) is 5.88 Å². The Labute approximate surface area is 155 Å². The van der Waals surface area contributed by atoms with Crippen LogP contribution in [0.1, 0.15) is 5.56 Å². The van der Waals surface area contributed by atoms with Gasteiger partial charge < -0.3 is 20.5 Å². The van der Waals surface area contributed by atoms with Crippen molar-refractivity contribution in [2.24, 2.45) is 10.7 Å². The van der Waals surface area contributed by atoms with Crippen molar-refractivity contribution in [3.8, 4) is 11.6 Å². The largest absolute Gasteiger partial charge is 0.573 e. The van der Waals surface area contributed by atoms with E-state index in [-0.39, 0.29) is 30.7 Å². The van der Waals surface area contributed by atoms with E-state index in [0.717, 1.165) is 18.2 Å². The van der Waals surface area contributed by atoms with Crippen molar-refractivity contribution in [3.63, 3.8) is 0 Å². The third kappa shape index (κ3) is 6.85. The first-order valence-electron chi connectivity index (χ1n) is 7.62. The van der Waals surface area contributed by atoms with Crippen LogP contribution >= 0.6 is 0 Å². The minimum absolute atomic E-state index is 0.0240. The van der Waals surface area contributed by atoms with Gasteiger partial charge in [-0.15, -0.1) is 13.2 Å². The molecule has 0 atom stereocenters. The number of benzene rings is 1. The molecule has 0 radical (unpaired) electrons. The number of nitrogens with zero attached hydrogens (tertiary/aromatic N) is 2. The number of rotatable bonds is 6. The van der Waals surface area contributed by atoms with E-state index in [1.807, 2.05) is 0 Å². The van der Waals surface area contributed by atoms with Crippen LogP contribution in [0, 0.1) is 0 Å². The molecule has 12 heteroatoms. The van der Waals surface area contributed by atoms with Gasteiger partial charge in [0.25, 0.3) is 0 Å². The van der Waals surface area contributed by atoms with Crippen LogP contribution in [0.5, 0.6) is 11.6 Å². The fourth-order valence-corrected chi connectivity index (χ4v) is 1.91. The van der Waals surface area contributed by atoms with Crippen LogP contribution in [0.2, 0.25) is 0 Å². The van der Waals surface area contributed by atoms with E-state index < -0.39 is 23.9 Å². The highest BCUT2D eigenvalue weighted by atomic mass is 19.4. The van der Waals surface area contributed by atoms with Crippen LogP contribution in [0.4, 0.5) is 32.0 Å². The number of ether oxygens (including phenoxy) is 2. The van der Waals surface area contributed by atoms with E-state index in [1.165, 1.54) is 18.2 Å². The molecule has 0 aliphatic carbocycles. The Morgan fingerprint density at radius 1 is 1.07 bits per heavy atom. The number of hydrogen-bond donors (Lipinski definition) is 2. The second kappa shape index (κ2) is 8.67. The SMILES string of the molecule is NC(=NCCOc1ccc(C(F)(F)F)cn1)Nc1ccccc1OC(F)(F)F. The smallest absolute Gasteiger partial charge is 0.476 e. The average molecular weight is 408 g/mol. The van der Waals surface area contributed by atoms with Gasteiger partial charge in [-0.05, 0) is 18.2 Å². The number of hydrogen-bond acceptors (Lipinski definition) is 4. The fourth-order valence-electron chi connectivity index (χ4n) is 1.91. The molecular weight excluding hydrogens is 394 g/mol. The van der Waals surface area contributed by atoms with Gasteiger partial charge in [-0.2, -0.15) is 13.2 Å². The number of alkyl halides is 6. The maximum absolute atomic E-state index is 12.4. The monoisotopic (exact) mass is 408 g/mol. The van der Waals surface area contributed by atoms with Crippen molar-refractivity contribution in [3.05, 3.63) is 48.2 Å². The maximum atomic E-state index is 12.4. The number of nitrogens with one attached hydrogen (secondary N) is 1. The second-order valence-electron chi connectivity index (χ2n) is 5.17. The normalized spacial score (nSPS) is 12.6. The van der Waals surface area contributed by atoms with E-state index in [4.69, 9.17) is 10.5 Å². The van der Waals surface area contributed by atoms with E-state index in [1.54, 1.807) is 0 Å². The Bertz CT molecular complexity index is 806. The molecule has 0 unspecified atom stereocenters. The summed E-state index contributed by atoms with van der Waals surface area (Å²) in [4.78, 5) is 7.36. The Kier molecular flexibility index (Phi) is 6.54. The van der Waals surface area contributed by atoms with Crippen LogP contribution in [-0.2, 0) is 6.18 Å². The summed E-state index contributed by atoms with van der Waals surface area (Å²) in [5.74, 6) is -0.737. The summed E-state index contributed by atoms with van der Waals surface area (Å²) in [7, 11) is 0. The number of pyridine rings is 1. The van der Waals surface area contributed by atoms with Gasteiger partial charge in [0, 0.05) is 12.3 Å². The van der Waals surface area contributed by atoms with Crippen LogP contribution < -0.4 is 20.5 Å². The number of para-hydroxylation sites is 2. The van der Waals surface area contributed by atoms with Gasteiger partial charge in [0.05, 0.1) is 17.8 Å². The average Bonchev–Trinajstić information content (AvgIpc) is 2.59. The second-order valence-corrected chi connectivity index (χ2v) is 5.17.